The number of halogens is 1. The van der Waals surface area contributed by atoms with E-state index >= 15 is 0 Å². The maximum absolute atomic E-state index is 12.9. The second-order valence-corrected chi connectivity index (χ2v) is 8.05. The summed E-state index contributed by atoms with van der Waals surface area (Å²) in [4.78, 5) is 38.6. The van der Waals surface area contributed by atoms with Crippen LogP contribution in [-0.2, 0) is 9.59 Å². The van der Waals surface area contributed by atoms with E-state index in [9.17, 15) is 9.59 Å². The standard InChI is InChI=1S/C18H24ClN7O2/c19-18-23-14(20)13-16(24-18)26(9-22-13)12-3-1-11(2-4-12)17(28)25-7-5-10(6-8-25)15(21)27/h9-12H,1-8H2,(H2,21,27)(H2,20,23,24)/t11-,12+. The van der Waals surface area contributed by atoms with E-state index in [4.69, 9.17) is 23.1 Å². The second kappa shape index (κ2) is 7.54. The molecule has 1 aliphatic heterocycles. The lowest BCUT2D eigenvalue weighted by atomic mass is 9.84. The van der Waals surface area contributed by atoms with Gasteiger partial charge in [-0.05, 0) is 50.1 Å². The van der Waals surface area contributed by atoms with E-state index in [0.29, 0.717) is 37.1 Å². The van der Waals surface area contributed by atoms with Gasteiger partial charge in [0, 0.05) is 31.0 Å². The largest absolute Gasteiger partial charge is 0.382 e. The fourth-order valence-electron chi connectivity index (χ4n) is 4.42. The number of hydrogen-bond donors (Lipinski definition) is 2. The molecule has 1 saturated heterocycles. The van der Waals surface area contributed by atoms with Crippen molar-refractivity contribution in [3.8, 4) is 0 Å². The molecule has 1 saturated carbocycles. The van der Waals surface area contributed by atoms with Crippen LogP contribution >= 0.6 is 11.6 Å². The van der Waals surface area contributed by atoms with Gasteiger partial charge in [0.15, 0.2) is 11.5 Å². The molecular formula is C18H24ClN7O2. The minimum absolute atomic E-state index is 0.0273. The molecule has 0 unspecified atom stereocenters. The Morgan fingerprint density at radius 2 is 1.71 bits per heavy atom. The number of amides is 2. The summed E-state index contributed by atoms with van der Waals surface area (Å²) in [5.74, 6) is 0.142. The van der Waals surface area contributed by atoms with Crippen molar-refractivity contribution in [1.82, 2.24) is 24.4 Å². The molecule has 4 rings (SSSR count). The first-order chi connectivity index (χ1) is 13.4. The molecule has 0 bridgehead atoms. The fraction of sp³-hybridized carbons (Fsp3) is 0.611. The lowest BCUT2D eigenvalue weighted by molar-refractivity contribution is -0.139. The van der Waals surface area contributed by atoms with Gasteiger partial charge in [0.2, 0.25) is 17.1 Å². The Kier molecular flexibility index (Phi) is 5.09. The maximum Gasteiger partial charge on any atom is 0.226 e. The van der Waals surface area contributed by atoms with Gasteiger partial charge < -0.3 is 20.9 Å². The average molecular weight is 406 g/mol. The van der Waals surface area contributed by atoms with Gasteiger partial charge in [0.25, 0.3) is 0 Å². The number of imidazole rings is 1. The summed E-state index contributed by atoms with van der Waals surface area (Å²) >= 11 is 5.95. The Hall–Kier alpha value is -2.42. The van der Waals surface area contributed by atoms with E-state index in [1.165, 1.54) is 0 Å². The number of aromatic nitrogens is 4. The molecule has 0 spiro atoms. The van der Waals surface area contributed by atoms with Gasteiger partial charge in [0.05, 0.1) is 6.33 Å². The van der Waals surface area contributed by atoms with Gasteiger partial charge in [-0.15, -0.1) is 0 Å². The number of nitrogens with zero attached hydrogens (tertiary/aromatic N) is 5. The second-order valence-electron chi connectivity index (χ2n) is 7.71. The van der Waals surface area contributed by atoms with Crippen LogP contribution in [0.4, 0.5) is 5.82 Å². The number of primary amides is 1. The maximum atomic E-state index is 12.9. The van der Waals surface area contributed by atoms with Crippen LogP contribution in [0.25, 0.3) is 11.2 Å². The van der Waals surface area contributed by atoms with Crippen LogP contribution in [0.1, 0.15) is 44.6 Å². The number of nitrogens with two attached hydrogens (primary N) is 2. The minimum atomic E-state index is -0.260. The number of anilines is 1. The Morgan fingerprint density at radius 3 is 2.36 bits per heavy atom. The predicted molar refractivity (Wildman–Crippen MR) is 104 cm³/mol. The summed E-state index contributed by atoms with van der Waals surface area (Å²) in [6, 6.07) is 0.208. The minimum Gasteiger partial charge on any atom is -0.382 e. The number of likely N-dealkylation sites (tertiary alicyclic amines) is 1. The van der Waals surface area contributed by atoms with Crippen molar-refractivity contribution >= 4 is 40.4 Å². The number of carbonyl (C=O) groups excluding carboxylic acids is 2. The Balaban J connectivity index is 1.39. The van der Waals surface area contributed by atoms with Crippen molar-refractivity contribution in [2.45, 2.75) is 44.6 Å². The van der Waals surface area contributed by atoms with Crippen molar-refractivity contribution in [3.05, 3.63) is 11.6 Å². The van der Waals surface area contributed by atoms with Gasteiger partial charge >= 0.3 is 0 Å². The van der Waals surface area contributed by atoms with Gasteiger partial charge in [-0.2, -0.15) is 9.97 Å². The average Bonchev–Trinajstić information content (AvgIpc) is 3.12. The molecule has 2 amide bonds. The van der Waals surface area contributed by atoms with Gasteiger partial charge in [0.1, 0.15) is 5.52 Å². The van der Waals surface area contributed by atoms with E-state index < -0.39 is 0 Å². The highest BCUT2D eigenvalue weighted by atomic mass is 35.5. The van der Waals surface area contributed by atoms with E-state index in [2.05, 4.69) is 15.0 Å². The normalized spacial score (nSPS) is 23.8. The summed E-state index contributed by atoms with van der Waals surface area (Å²) in [7, 11) is 0. The van der Waals surface area contributed by atoms with Crippen LogP contribution in [0.5, 0.6) is 0 Å². The molecule has 10 heteroatoms. The highest BCUT2D eigenvalue weighted by Crippen LogP contribution is 2.35. The molecule has 0 atom stereocenters. The quantitative estimate of drug-likeness (QED) is 0.743. The third-order valence-electron chi connectivity index (χ3n) is 6.07. The summed E-state index contributed by atoms with van der Waals surface area (Å²) in [5, 5.41) is 0.106. The topological polar surface area (TPSA) is 133 Å². The van der Waals surface area contributed by atoms with Crippen LogP contribution in [0.15, 0.2) is 6.33 Å². The van der Waals surface area contributed by atoms with Crippen LogP contribution in [0.3, 0.4) is 0 Å². The van der Waals surface area contributed by atoms with E-state index in [-0.39, 0.29) is 40.8 Å². The molecular weight excluding hydrogens is 382 g/mol. The molecule has 2 aromatic heterocycles. The summed E-state index contributed by atoms with van der Waals surface area (Å²) in [6.07, 6.45) is 6.41. The molecule has 4 N–H and O–H groups in total. The van der Waals surface area contributed by atoms with E-state index in [1.54, 1.807) is 6.33 Å². The number of rotatable bonds is 3. The van der Waals surface area contributed by atoms with Gasteiger partial charge in [-0.1, -0.05) is 0 Å². The third-order valence-corrected chi connectivity index (χ3v) is 6.24. The first kappa shape index (κ1) is 18.9. The van der Waals surface area contributed by atoms with Crippen LogP contribution in [0, 0.1) is 11.8 Å². The molecule has 2 aromatic rings. The molecule has 9 nitrogen and oxygen atoms in total. The van der Waals surface area contributed by atoms with Crippen molar-refractivity contribution < 1.29 is 9.59 Å². The van der Waals surface area contributed by atoms with Gasteiger partial charge in [-0.3, -0.25) is 9.59 Å². The lowest BCUT2D eigenvalue weighted by Crippen LogP contribution is -2.44. The molecule has 0 aromatic carbocycles. The smallest absolute Gasteiger partial charge is 0.226 e. The highest BCUT2D eigenvalue weighted by Gasteiger charge is 2.33. The molecule has 0 radical (unpaired) electrons. The number of hydrogen-bond acceptors (Lipinski definition) is 6. The Labute approximate surface area is 167 Å². The zero-order valence-electron chi connectivity index (χ0n) is 15.6. The fourth-order valence-corrected chi connectivity index (χ4v) is 4.59. The predicted octanol–water partition coefficient (Wildman–Crippen LogP) is 1.52. The van der Waals surface area contributed by atoms with Gasteiger partial charge in [-0.25, -0.2) is 4.98 Å². The number of fused-ring (bicyclic) bond motifs is 1. The van der Waals surface area contributed by atoms with Crippen molar-refractivity contribution in [3.63, 3.8) is 0 Å². The Morgan fingerprint density at radius 1 is 1.04 bits per heavy atom. The SMILES string of the molecule is NC(=O)C1CCN(C(=O)[C@H]2CC[C@@H](n3cnc4c(N)nc(Cl)nc43)CC2)CC1. The van der Waals surface area contributed by atoms with Crippen molar-refractivity contribution in [2.75, 3.05) is 18.8 Å². The van der Waals surface area contributed by atoms with E-state index in [1.807, 2.05) is 9.47 Å². The molecule has 150 valence electrons. The van der Waals surface area contributed by atoms with Crippen molar-refractivity contribution in [1.29, 1.82) is 0 Å². The third kappa shape index (κ3) is 3.50. The summed E-state index contributed by atoms with van der Waals surface area (Å²) < 4.78 is 2.00. The summed E-state index contributed by atoms with van der Waals surface area (Å²) in [6.45, 7) is 1.24. The first-order valence-electron chi connectivity index (χ1n) is 9.67. The number of piperidine rings is 1. The highest BCUT2D eigenvalue weighted by molar-refractivity contribution is 6.28. The number of nitrogen functional groups attached to an aromatic ring is 1. The molecule has 3 heterocycles. The van der Waals surface area contributed by atoms with Crippen molar-refractivity contribution in [2.24, 2.45) is 17.6 Å². The first-order valence-corrected chi connectivity index (χ1v) is 10.1. The number of carbonyl (C=O) groups is 2. The van der Waals surface area contributed by atoms with Crippen LogP contribution in [0.2, 0.25) is 5.28 Å². The zero-order chi connectivity index (χ0) is 19.8. The molecule has 1 aliphatic carbocycles. The molecule has 2 fully saturated rings. The summed E-state index contributed by atoms with van der Waals surface area (Å²) in [5.41, 5.74) is 12.5. The Bertz CT molecular complexity index is 899. The van der Waals surface area contributed by atoms with Crippen LogP contribution in [-0.4, -0.2) is 49.3 Å². The zero-order valence-corrected chi connectivity index (χ0v) is 16.3. The van der Waals surface area contributed by atoms with Crippen LogP contribution < -0.4 is 11.5 Å². The monoisotopic (exact) mass is 405 g/mol. The molecule has 2 aliphatic rings. The van der Waals surface area contributed by atoms with E-state index in [0.717, 1.165) is 25.7 Å². The molecule has 28 heavy (non-hydrogen) atoms. The lowest BCUT2D eigenvalue weighted by Gasteiger charge is -2.35.